The Labute approximate surface area is 59.6 Å². The molecule has 1 aromatic heterocycles. The molecule has 0 aliphatic heterocycles. The van der Waals surface area contributed by atoms with Gasteiger partial charge >= 0.3 is 0 Å². The van der Waals surface area contributed by atoms with E-state index in [1.807, 2.05) is 10.8 Å². The van der Waals surface area contributed by atoms with E-state index in [0.29, 0.717) is 13.3 Å². The number of imidazole rings is 1. The average molecular weight is 141 g/mol. The van der Waals surface area contributed by atoms with Gasteiger partial charge in [-0.3, -0.25) is 0 Å². The molecule has 1 heterocycles. The number of hydrogen-bond donors (Lipinski definition) is 1. The summed E-state index contributed by atoms with van der Waals surface area (Å²) in [7, 11) is 1.64. The van der Waals surface area contributed by atoms with E-state index in [1.165, 1.54) is 0 Å². The number of methoxy groups -OCH3 is 1. The third-order valence-corrected chi connectivity index (χ3v) is 1.25. The fraction of sp³-hybridized carbons (Fsp3) is 0.500. The second-order valence-electron chi connectivity index (χ2n) is 1.94. The Kier molecular flexibility index (Phi) is 2.42. The van der Waals surface area contributed by atoms with Crippen molar-refractivity contribution < 1.29 is 4.74 Å². The molecule has 0 bridgehead atoms. The van der Waals surface area contributed by atoms with Crippen molar-refractivity contribution in [2.75, 3.05) is 7.11 Å². The van der Waals surface area contributed by atoms with Crippen LogP contribution in [0.2, 0.25) is 0 Å². The first-order chi connectivity index (χ1) is 4.88. The summed E-state index contributed by atoms with van der Waals surface area (Å²) in [4.78, 5) is 4.01. The fourth-order valence-corrected chi connectivity index (χ4v) is 0.787. The second kappa shape index (κ2) is 3.34. The van der Waals surface area contributed by atoms with Crippen LogP contribution in [-0.4, -0.2) is 16.7 Å². The van der Waals surface area contributed by atoms with Gasteiger partial charge in [-0.25, -0.2) is 4.98 Å². The molecule has 0 amide bonds. The van der Waals surface area contributed by atoms with Crippen LogP contribution in [0.1, 0.15) is 5.82 Å². The van der Waals surface area contributed by atoms with Crippen LogP contribution in [0.3, 0.4) is 0 Å². The van der Waals surface area contributed by atoms with Crippen molar-refractivity contribution in [1.29, 1.82) is 0 Å². The highest BCUT2D eigenvalue weighted by atomic mass is 16.5. The maximum absolute atomic E-state index is 5.39. The Hall–Kier alpha value is -0.870. The molecule has 0 spiro atoms. The van der Waals surface area contributed by atoms with Crippen LogP contribution in [0.25, 0.3) is 0 Å². The third-order valence-electron chi connectivity index (χ3n) is 1.25. The van der Waals surface area contributed by atoms with E-state index in [1.54, 1.807) is 13.3 Å². The van der Waals surface area contributed by atoms with Crippen molar-refractivity contribution >= 4 is 0 Å². The summed E-state index contributed by atoms with van der Waals surface area (Å²) in [5.41, 5.74) is 5.39. The highest BCUT2D eigenvalue weighted by Gasteiger charge is 1.96. The molecule has 0 saturated heterocycles. The zero-order valence-corrected chi connectivity index (χ0v) is 5.95. The number of nitrogens with two attached hydrogens (primary N) is 1. The molecule has 4 nitrogen and oxygen atoms in total. The van der Waals surface area contributed by atoms with E-state index in [2.05, 4.69) is 4.98 Å². The first-order valence-corrected chi connectivity index (χ1v) is 3.07. The minimum absolute atomic E-state index is 0.455. The van der Waals surface area contributed by atoms with E-state index >= 15 is 0 Å². The molecule has 2 N–H and O–H groups in total. The van der Waals surface area contributed by atoms with Crippen LogP contribution in [0.15, 0.2) is 12.4 Å². The molecule has 0 unspecified atom stereocenters. The van der Waals surface area contributed by atoms with Crippen LogP contribution < -0.4 is 5.73 Å². The molecule has 0 saturated carbocycles. The number of aromatic nitrogens is 2. The Morgan fingerprint density at radius 2 is 2.60 bits per heavy atom. The number of rotatable bonds is 3. The fourth-order valence-electron chi connectivity index (χ4n) is 0.787. The SMILES string of the molecule is COCn1ccnc1CN. The van der Waals surface area contributed by atoms with Gasteiger partial charge in [-0.2, -0.15) is 0 Å². The molecule has 0 aromatic carbocycles. The summed E-state index contributed by atoms with van der Waals surface area (Å²) in [6, 6.07) is 0. The predicted molar refractivity (Wildman–Crippen MR) is 37.1 cm³/mol. The molecular weight excluding hydrogens is 130 g/mol. The molecule has 0 aliphatic carbocycles. The quantitative estimate of drug-likeness (QED) is 0.641. The van der Waals surface area contributed by atoms with Crippen molar-refractivity contribution in [3.63, 3.8) is 0 Å². The topological polar surface area (TPSA) is 53.1 Å². The number of nitrogens with zero attached hydrogens (tertiary/aromatic N) is 2. The maximum atomic E-state index is 5.39. The van der Waals surface area contributed by atoms with Crippen molar-refractivity contribution in [3.8, 4) is 0 Å². The van der Waals surface area contributed by atoms with Crippen LogP contribution in [0.4, 0.5) is 0 Å². The lowest BCUT2D eigenvalue weighted by molar-refractivity contribution is 0.128. The van der Waals surface area contributed by atoms with Crippen molar-refractivity contribution in [3.05, 3.63) is 18.2 Å². The van der Waals surface area contributed by atoms with Crippen LogP contribution >= 0.6 is 0 Å². The Morgan fingerprint density at radius 1 is 1.80 bits per heavy atom. The summed E-state index contributed by atoms with van der Waals surface area (Å²) >= 11 is 0. The minimum atomic E-state index is 0.455. The van der Waals surface area contributed by atoms with Gasteiger partial charge in [0.25, 0.3) is 0 Å². The summed E-state index contributed by atoms with van der Waals surface area (Å²) < 4.78 is 6.76. The monoisotopic (exact) mass is 141 g/mol. The number of ether oxygens (including phenoxy) is 1. The van der Waals surface area contributed by atoms with E-state index in [4.69, 9.17) is 10.5 Å². The Bertz CT molecular complexity index is 197. The van der Waals surface area contributed by atoms with Gasteiger partial charge in [-0.15, -0.1) is 0 Å². The van der Waals surface area contributed by atoms with Gasteiger partial charge in [0.1, 0.15) is 12.6 Å². The maximum Gasteiger partial charge on any atom is 0.124 e. The molecule has 1 aromatic rings. The van der Waals surface area contributed by atoms with E-state index in [9.17, 15) is 0 Å². The zero-order valence-electron chi connectivity index (χ0n) is 5.95. The average Bonchev–Trinajstić information content (AvgIpc) is 2.36. The predicted octanol–water partition coefficient (Wildman–Crippen LogP) is -0.0543. The molecule has 56 valence electrons. The van der Waals surface area contributed by atoms with Crippen molar-refractivity contribution in [1.82, 2.24) is 9.55 Å². The smallest absolute Gasteiger partial charge is 0.124 e. The van der Waals surface area contributed by atoms with E-state index < -0.39 is 0 Å². The second-order valence-corrected chi connectivity index (χ2v) is 1.94. The summed E-state index contributed by atoms with van der Waals surface area (Å²) in [5, 5.41) is 0. The lowest BCUT2D eigenvalue weighted by Crippen LogP contribution is -2.08. The highest BCUT2D eigenvalue weighted by molar-refractivity contribution is 4.89. The summed E-state index contributed by atoms with van der Waals surface area (Å²) in [6.45, 7) is 0.975. The molecule has 4 heteroatoms. The van der Waals surface area contributed by atoms with Gasteiger partial charge in [0.15, 0.2) is 0 Å². The lowest BCUT2D eigenvalue weighted by atomic mass is 10.6. The third kappa shape index (κ3) is 1.34. The minimum Gasteiger partial charge on any atom is -0.364 e. The van der Waals surface area contributed by atoms with Crippen LogP contribution in [-0.2, 0) is 18.0 Å². The first kappa shape index (κ1) is 7.24. The van der Waals surface area contributed by atoms with Gasteiger partial charge in [-0.1, -0.05) is 0 Å². The highest BCUT2D eigenvalue weighted by Crippen LogP contribution is 1.94. The summed E-state index contributed by atoms with van der Waals surface area (Å²) in [5.74, 6) is 0.849. The number of hydrogen-bond acceptors (Lipinski definition) is 3. The van der Waals surface area contributed by atoms with Crippen molar-refractivity contribution in [2.24, 2.45) is 5.73 Å². The molecule has 0 atom stereocenters. The van der Waals surface area contributed by atoms with Gasteiger partial charge in [-0.05, 0) is 0 Å². The molecule has 0 fully saturated rings. The van der Waals surface area contributed by atoms with Gasteiger partial charge in [0.05, 0.1) is 6.54 Å². The standard InChI is InChI=1S/C6H11N3O/c1-10-5-9-3-2-8-6(9)4-7/h2-3H,4-5,7H2,1H3. The van der Waals surface area contributed by atoms with E-state index in [-0.39, 0.29) is 0 Å². The molecule has 0 aliphatic rings. The molecule has 0 radical (unpaired) electrons. The lowest BCUT2D eigenvalue weighted by Gasteiger charge is -2.02. The summed E-state index contributed by atoms with van der Waals surface area (Å²) in [6.07, 6.45) is 3.55. The van der Waals surface area contributed by atoms with Gasteiger partial charge in [0.2, 0.25) is 0 Å². The van der Waals surface area contributed by atoms with Crippen LogP contribution in [0, 0.1) is 0 Å². The van der Waals surface area contributed by atoms with E-state index in [0.717, 1.165) is 5.82 Å². The Morgan fingerprint density at radius 3 is 3.20 bits per heavy atom. The largest absolute Gasteiger partial charge is 0.364 e. The Balaban J connectivity index is 2.70. The normalized spacial score (nSPS) is 10.2. The molecule has 10 heavy (non-hydrogen) atoms. The molecule has 1 rings (SSSR count). The zero-order chi connectivity index (χ0) is 7.40. The van der Waals surface area contributed by atoms with Gasteiger partial charge in [0, 0.05) is 19.5 Å². The molecular formula is C6H11N3O. The van der Waals surface area contributed by atoms with Gasteiger partial charge < -0.3 is 15.0 Å². The first-order valence-electron chi connectivity index (χ1n) is 3.07. The van der Waals surface area contributed by atoms with Crippen molar-refractivity contribution in [2.45, 2.75) is 13.3 Å². The van der Waals surface area contributed by atoms with Crippen LogP contribution in [0.5, 0.6) is 0 Å².